The fourth-order valence-electron chi connectivity index (χ4n) is 1.20. The molecule has 5 heteroatoms. The molecule has 0 radical (unpaired) electrons. The summed E-state index contributed by atoms with van der Waals surface area (Å²) in [5, 5.41) is 13.9. The molecule has 14 heavy (non-hydrogen) atoms. The van der Waals surface area contributed by atoms with Gasteiger partial charge in [-0.3, -0.25) is 0 Å². The van der Waals surface area contributed by atoms with Crippen LogP contribution in [-0.4, -0.2) is 13.9 Å². The molecule has 0 fully saturated rings. The molecule has 0 saturated carbocycles. The van der Waals surface area contributed by atoms with Crippen LogP contribution in [0, 0.1) is 0 Å². The minimum Gasteiger partial charge on any atom is -0.387 e. The summed E-state index contributed by atoms with van der Waals surface area (Å²) in [5.41, 5.74) is 1.96. The van der Waals surface area contributed by atoms with E-state index in [4.69, 9.17) is 0 Å². The van der Waals surface area contributed by atoms with Gasteiger partial charge in [0, 0.05) is 0 Å². The lowest BCUT2D eigenvalue weighted by atomic mass is 10.1. The van der Waals surface area contributed by atoms with Crippen molar-refractivity contribution in [2.75, 3.05) is 0 Å². The molecule has 2 heterocycles. The molecule has 0 amide bonds. The van der Waals surface area contributed by atoms with E-state index in [-0.39, 0.29) is 0 Å². The number of aromatic nitrogens is 2. The highest BCUT2D eigenvalue weighted by Crippen LogP contribution is 2.18. The number of thiophene rings is 1. The van der Waals surface area contributed by atoms with E-state index in [0.29, 0.717) is 12.1 Å². The average molecular weight is 226 g/mol. The van der Waals surface area contributed by atoms with Gasteiger partial charge in [0.15, 0.2) is 0 Å². The Morgan fingerprint density at radius 3 is 3.07 bits per heavy atom. The van der Waals surface area contributed by atoms with Crippen LogP contribution in [0.2, 0.25) is 0 Å². The summed E-state index contributed by atoms with van der Waals surface area (Å²) in [5.74, 6) is 0. The van der Waals surface area contributed by atoms with Gasteiger partial charge in [-0.25, -0.2) is 0 Å². The van der Waals surface area contributed by atoms with Crippen molar-refractivity contribution < 1.29 is 5.11 Å². The second-order valence-electron chi connectivity index (χ2n) is 3.02. The van der Waals surface area contributed by atoms with Crippen LogP contribution in [0.5, 0.6) is 0 Å². The van der Waals surface area contributed by atoms with E-state index in [1.807, 2.05) is 5.38 Å². The molecule has 0 spiro atoms. The summed E-state index contributed by atoms with van der Waals surface area (Å²) in [7, 11) is 0. The van der Waals surface area contributed by atoms with Crippen molar-refractivity contribution in [3.8, 4) is 0 Å². The zero-order valence-corrected chi connectivity index (χ0v) is 9.09. The Kier molecular flexibility index (Phi) is 3.23. The number of aryl methyl sites for hydroxylation is 1. The minimum absolute atomic E-state index is 0.478. The maximum Gasteiger partial charge on any atom is 0.103 e. The van der Waals surface area contributed by atoms with Crippen LogP contribution in [0.4, 0.5) is 0 Å². The van der Waals surface area contributed by atoms with Gasteiger partial charge in [0.25, 0.3) is 0 Å². The molecule has 0 saturated heterocycles. The van der Waals surface area contributed by atoms with Gasteiger partial charge < -0.3 is 5.11 Å². The lowest BCUT2D eigenvalue weighted by molar-refractivity contribution is 0.164. The van der Waals surface area contributed by atoms with Crippen molar-refractivity contribution in [2.45, 2.75) is 18.9 Å². The van der Waals surface area contributed by atoms with Crippen LogP contribution in [0.15, 0.2) is 23.0 Å². The first kappa shape index (κ1) is 9.76. The smallest absolute Gasteiger partial charge is 0.103 e. The van der Waals surface area contributed by atoms with Crippen LogP contribution in [-0.2, 0) is 6.42 Å². The molecule has 0 aromatic carbocycles. The van der Waals surface area contributed by atoms with Gasteiger partial charge in [0.1, 0.15) is 5.69 Å². The second-order valence-corrected chi connectivity index (χ2v) is 4.36. The number of aliphatic hydroxyl groups is 1. The van der Waals surface area contributed by atoms with Crippen LogP contribution in [0.25, 0.3) is 0 Å². The molecule has 0 aliphatic heterocycles. The third-order valence-corrected chi connectivity index (χ3v) is 3.23. The lowest BCUT2D eigenvalue weighted by Crippen LogP contribution is -1.99. The highest BCUT2D eigenvalue weighted by atomic mass is 32.1. The number of rotatable bonds is 4. The van der Waals surface area contributed by atoms with Crippen molar-refractivity contribution >= 4 is 23.1 Å². The first-order valence-electron chi connectivity index (χ1n) is 4.33. The Labute approximate surface area is 90.4 Å². The number of hydrogen-bond donors (Lipinski definition) is 1. The summed E-state index contributed by atoms with van der Waals surface area (Å²) < 4.78 is 7.86. The first-order valence-corrected chi connectivity index (χ1v) is 6.00. The maximum absolute atomic E-state index is 9.72. The lowest BCUT2D eigenvalue weighted by Gasteiger charge is -2.05. The van der Waals surface area contributed by atoms with Gasteiger partial charge in [-0.2, -0.15) is 20.1 Å². The molecule has 2 aromatic rings. The van der Waals surface area contributed by atoms with Crippen molar-refractivity contribution in [1.29, 1.82) is 0 Å². The Hall–Kier alpha value is -0.780. The van der Waals surface area contributed by atoms with E-state index >= 15 is 0 Å². The summed E-state index contributed by atoms with van der Waals surface area (Å²) in [6.45, 7) is 0. The summed E-state index contributed by atoms with van der Waals surface area (Å²) in [6, 6.07) is 2.08. The molecule has 0 aliphatic rings. The molecule has 2 rings (SSSR count). The van der Waals surface area contributed by atoms with Crippen molar-refractivity contribution in [3.63, 3.8) is 0 Å². The third kappa shape index (κ3) is 2.37. The predicted octanol–water partition coefficient (Wildman–Crippen LogP) is 2.27. The molecule has 3 nitrogen and oxygen atoms in total. The molecular weight excluding hydrogens is 216 g/mol. The highest BCUT2D eigenvalue weighted by molar-refractivity contribution is 7.07. The van der Waals surface area contributed by atoms with Crippen molar-refractivity contribution in [3.05, 3.63) is 34.3 Å². The Morgan fingerprint density at radius 1 is 1.50 bits per heavy atom. The van der Waals surface area contributed by atoms with Crippen LogP contribution in [0.1, 0.15) is 23.8 Å². The summed E-state index contributed by atoms with van der Waals surface area (Å²) >= 11 is 2.81. The van der Waals surface area contributed by atoms with Crippen molar-refractivity contribution in [2.24, 2.45) is 0 Å². The fourth-order valence-corrected chi connectivity index (χ4v) is 2.37. The molecular formula is C9H10N2OS2. The number of nitrogens with zero attached hydrogens (tertiary/aromatic N) is 2. The van der Waals surface area contributed by atoms with Gasteiger partial charge in [-0.15, -0.1) is 0 Å². The van der Waals surface area contributed by atoms with E-state index in [1.165, 1.54) is 5.56 Å². The average Bonchev–Trinajstić information content (AvgIpc) is 2.87. The molecule has 0 bridgehead atoms. The normalized spacial score (nSPS) is 12.9. The molecule has 2 aromatic heterocycles. The van der Waals surface area contributed by atoms with E-state index in [0.717, 1.165) is 18.1 Å². The topological polar surface area (TPSA) is 46.0 Å². The van der Waals surface area contributed by atoms with Crippen LogP contribution in [0.3, 0.4) is 0 Å². The number of aliphatic hydroxyl groups excluding tert-OH is 1. The van der Waals surface area contributed by atoms with Crippen LogP contribution < -0.4 is 0 Å². The molecule has 1 atom stereocenters. The second kappa shape index (κ2) is 4.63. The van der Waals surface area contributed by atoms with E-state index in [2.05, 4.69) is 20.2 Å². The van der Waals surface area contributed by atoms with Gasteiger partial charge in [0.2, 0.25) is 0 Å². The Bertz CT molecular complexity index is 358. The molecule has 1 N–H and O–H groups in total. The van der Waals surface area contributed by atoms with Gasteiger partial charge in [-0.05, 0) is 35.2 Å². The quantitative estimate of drug-likeness (QED) is 0.870. The third-order valence-electron chi connectivity index (χ3n) is 2.01. The largest absolute Gasteiger partial charge is 0.387 e. The minimum atomic E-state index is -0.478. The molecule has 0 aliphatic carbocycles. The monoisotopic (exact) mass is 226 g/mol. The van der Waals surface area contributed by atoms with Crippen LogP contribution >= 0.6 is 23.1 Å². The van der Waals surface area contributed by atoms with E-state index in [9.17, 15) is 5.11 Å². The van der Waals surface area contributed by atoms with E-state index < -0.39 is 6.10 Å². The maximum atomic E-state index is 9.72. The van der Waals surface area contributed by atoms with E-state index in [1.54, 1.807) is 17.5 Å². The zero-order chi connectivity index (χ0) is 9.80. The standard InChI is InChI=1S/C9H10N2OS2/c12-9(8-5-10-14-11-8)2-1-7-3-4-13-6-7/h3-6,9,12H,1-2H2. The highest BCUT2D eigenvalue weighted by Gasteiger charge is 2.10. The van der Waals surface area contributed by atoms with Gasteiger partial charge >= 0.3 is 0 Å². The molecule has 74 valence electrons. The zero-order valence-electron chi connectivity index (χ0n) is 7.46. The van der Waals surface area contributed by atoms with Gasteiger partial charge in [-0.1, -0.05) is 0 Å². The fraction of sp³-hybridized carbons (Fsp3) is 0.333. The Balaban J connectivity index is 1.87. The summed E-state index contributed by atoms with van der Waals surface area (Å²) in [6.07, 6.45) is 2.75. The van der Waals surface area contributed by atoms with Gasteiger partial charge in [0.05, 0.1) is 24.0 Å². The Morgan fingerprint density at radius 2 is 2.43 bits per heavy atom. The SMILES string of the molecule is OC(CCc1ccsc1)c1cnsn1. The first-order chi connectivity index (χ1) is 6.86. The van der Waals surface area contributed by atoms with Crippen molar-refractivity contribution in [1.82, 2.24) is 8.75 Å². The molecule has 1 unspecified atom stereocenters. The number of hydrogen-bond acceptors (Lipinski definition) is 5. The predicted molar refractivity (Wildman–Crippen MR) is 57.5 cm³/mol. The summed E-state index contributed by atoms with van der Waals surface area (Å²) in [4.78, 5) is 0.